The summed E-state index contributed by atoms with van der Waals surface area (Å²) in [6.07, 6.45) is 1.29. The van der Waals surface area contributed by atoms with Gasteiger partial charge in [0.15, 0.2) is 0 Å². The molecule has 1 amide bonds. The maximum atomic E-state index is 12.3. The van der Waals surface area contributed by atoms with Crippen molar-refractivity contribution in [1.82, 2.24) is 5.32 Å². The molecular formula is C15H22N4O4. The number of rotatable bonds is 7. The first-order valence-electron chi connectivity index (χ1n) is 7.62. The minimum absolute atomic E-state index is 0.0335. The molecular weight excluding hydrogens is 300 g/mol. The number of amides is 1. The lowest BCUT2D eigenvalue weighted by Gasteiger charge is -2.34. The van der Waals surface area contributed by atoms with Crippen LogP contribution in [0.1, 0.15) is 12.8 Å². The Labute approximate surface area is 134 Å². The van der Waals surface area contributed by atoms with Crippen molar-refractivity contribution in [2.24, 2.45) is 11.1 Å². The van der Waals surface area contributed by atoms with Gasteiger partial charge in [0.25, 0.3) is 5.69 Å². The van der Waals surface area contributed by atoms with Gasteiger partial charge in [0, 0.05) is 50.7 Å². The molecule has 0 aliphatic carbocycles. The van der Waals surface area contributed by atoms with Gasteiger partial charge in [-0.3, -0.25) is 14.9 Å². The third-order valence-corrected chi connectivity index (χ3v) is 4.14. The lowest BCUT2D eigenvalue weighted by atomic mass is 9.79. The van der Waals surface area contributed by atoms with Crippen LogP contribution in [-0.2, 0) is 9.53 Å². The molecule has 0 bridgehead atoms. The van der Waals surface area contributed by atoms with E-state index in [9.17, 15) is 14.9 Å². The van der Waals surface area contributed by atoms with Gasteiger partial charge in [-0.25, -0.2) is 0 Å². The molecule has 0 spiro atoms. The monoisotopic (exact) mass is 322 g/mol. The molecule has 0 atom stereocenters. The third kappa shape index (κ3) is 4.40. The Kier molecular flexibility index (Phi) is 5.89. The molecule has 0 radical (unpaired) electrons. The number of hydrogen-bond acceptors (Lipinski definition) is 6. The molecule has 1 aliphatic rings. The Morgan fingerprint density at radius 2 is 1.91 bits per heavy atom. The number of nitro groups is 1. The fourth-order valence-electron chi connectivity index (χ4n) is 2.56. The van der Waals surface area contributed by atoms with Crippen LogP contribution in [0.15, 0.2) is 24.3 Å². The first kappa shape index (κ1) is 17.2. The van der Waals surface area contributed by atoms with Gasteiger partial charge < -0.3 is 21.1 Å². The number of nitrogens with zero attached hydrogens (tertiary/aromatic N) is 1. The summed E-state index contributed by atoms with van der Waals surface area (Å²) in [4.78, 5) is 22.5. The number of nitrogens with one attached hydrogen (secondary N) is 2. The molecule has 8 heteroatoms. The number of carbonyl (C=O) groups is 1. The molecule has 8 nitrogen and oxygen atoms in total. The van der Waals surface area contributed by atoms with Gasteiger partial charge in [-0.1, -0.05) is 0 Å². The van der Waals surface area contributed by atoms with Crippen LogP contribution in [0.5, 0.6) is 0 Å². The van der Waals surface area contributed by atoms with Crippen molar-refractivity contribution in [2.45, 2.75) is 12.8 Å². The van der Waals surface area contributed by atoms with Crippen molar-refractivity contribution in [3.63, 3.8) is 0 Å². The van der Waals surface area contributed by atoms with Gasteiger partial charge in [0.05, 0.1) is 10.3 Å². The fraction of sp³-hybridized carbons (Fsp3) is 0.533. The van der Waals surface area contributed by atoms with Crippen LogP contribution in [0.3, 0.4) is 0 Å². The van der Waals surface area contributed by atoms with Crippen molar-refractivity contribution in [3.05, 3.63) is 34.4 Å². The zero-order chi connectivity index (χ0) is 16.7. The molecule has 1 aromatic carbocycles. The SMILES string of the molecule is NCC1(C(=O)NCCNc2ccc([N+](=O)[O-])cc2)CCOCC1. The maximum Gasteiger partial charge on any atom is 0.269 e. The summed E-state index contributed by atoms with van der Waals surface area (Å²) in [6, 6.07) is 6.15. The molecule has 1 fully saturated rings. The van der Waals surface area contributed by atoms with Gasteiger partial charge in [-0.2, -0.15) is 0 Å². The Morgan fingerprint density at radius 3 is 2.48 bits per heavy atom. The molecule has 4 N–H and O–H groups in total. The molecule has 23 heavy (non-hydrogen) atoms. The van der Waals surface area contributed by atoms with Crippen LogP contribution in [0.2, 0.25) is 0 Å². The zero-order valence-electron chi connectivity index (χ0n) is 12.9. The summed E-state index contributed by atoms with van der Waals surface area (Å²) in [6.45, 7) is 2.43. The maximum absolute atomic E-state index is 12.3. The lowest BCUT2D eigenvalue weighted by Crippen LogP contribution is -2.49. The summed E-state index contributed by atoms with van der Waals surface area (Å²) in [5.74, 6) is -0.0335. The quantitative estimate of drug-likeness (QED) is 0.389. The second-order valence-electron chi connectivity index (χ2n) is 5.58. The van der Waals surface area contributed by atoms with E-state index in [4.69, 9.17) is 10.5 Å². The molecule has 126 valence electrons. The van der Waals surface area contributed by atoms with Crippen molar-refractivity contribution in [3.8, 4) is 0 Å². The summed E-state index contributed by atoms with van der Waals surface area (Å²) < 4.78 is 5.29. The smallest absolute Gasteiger partial charge is 0.269 e. The highest BCUT2D eigenvalue weighted by Crippen LogP contribution is 2.29. The number of nitrogens with two attached hydrogens (primary N) is 1. The van der Waals surface area contributed by atoms with E-state index in [-0.39, 0.29) is 11.6 Å². The lowest BCUT2D eigenvalue weighted by molar-refractivity contribution is -0.384. The van der Waals surface area contributed by atoms with E-state index in [0.717, 1.165) is 5.69 Å². The van der Waals surface area contributed by atoms with Crippen LogP contribution in [-0.4, -0.2) is 43.7 Å². The van der Waals surface area contributed by atoms with Crippen molar-refractivity contribution >= 4 is 17.3 Å². The topological polar surface area (TPSA) is 120 Å². The highest BCUT2D eigenvalue weighted by atomic mass is 16.6. The van der Waals surface area contributed by atoms with Gasteiger partial charge in [-0.05, 0) is 25.0 Å². The first-order valence-corrected chi connectivity index (χ1v) is 7.62. The second-order valence-corrected chi connectivity index (χ2v) is 5.58. The molecule has 1 heterocycles. The molecule has 1 aromatic rings. The predicted molar refractivity (Wildman–Crippen MR) is 86.1 cm³/mol. The molecule has 2 rings (SSSR count). The molecule has 0 unspecified atom stereocenters. The minimum atomic E-state index is -0.522. The van der Waals surface area contributed by atoms with Crippen LogP contribution in [0.4, 0.5) is 11.4 Å². The Hall–Kier alpha value is -2.19. The molecule has 0 aromatic heterocycles. The largest absolute Gasteiger partial charge is 0.383 e. The second kappa shape index (κ2) is 7.89. The standard InChI is InChI=1S/C15H22N4O4/c16-11-15(5-9-23-10-6-15)14(20)18-8-7-17-12-1-3-13(4-2-12)19(21)22/h1-4,17H,5-11,16H2,(H,18,20). The molecule has 0 saturated carbocycles. The zero-order valence-corrected chi connectivity index (χ0v) is 12.9. The van der Waals surface area contributed by atoms with Crippen molar-refractivity contribution in [2.75, 3.05) is 38.2 Å². The number of carbonyl (C=O) groups excluding carboxylic acids is 1. The Bertz CT molecular complexity index is 541. The summed E-state index contributed by atoms with van der Waals surface area (Å²) in [5, 5.41) is 16.6. The summed E-state index contributed by atoms with van der Waals surface area (Å²) in [5.41, 5.74) is 6.08. The predicted octanol–water partition coefficient (Wildman–Crippen LogP) is 0.878. The number of nitro benzene ring substituents is 1. The summed E-state index contributed by atoms with van der Waals surface area (Å²) >= 11 is 0. The number of ether oxygens (including phenoxy) is 1. The number of benzene rings is 1. The van der Waals surface area contributed by atoms with Gasteiger partial charge in [0.2, 0.25) is 5.91 Å². The highest BCUT2D eigenvalue weighted by molar-refractivity contribution is 5.83. The van der Waals surface area contributed by atoms with E-state index < -0.39 is 10.3 Å². The van der Waals surface area contributed by atoms with E-state index in [1.807, 2.05) is 0 Å². The van der Waals surface area contributed by atoms with Crippen molar-refractivity contribution in [1.29, 1.82) is 0 Å². The van der Waals surface area contributed by atoms with Gasteiger partial charge >= 0.3 is 0 Å². The normalized spacial score (nSPS) is 16.6. The van der Waals surface area contributed by atoms with Gasteiger partial charge in [-0.15, -0.1) is 0 Å². The average molecular weight is 322 g/mol. The average Bonchev–Trinajstić information content (AvgIpc) is 2.59. The van der Waals surface area contributed by atoms with E-state index in [0.29, 0.717) is 45.7 Å². The molecule has 1 saturated heterocycles. The minimum Gasteiger partial charge on any atom is -0.383 e. The van der Waals surface area contributed by atoms with Crippen LogP contribution >= 0.6 is 0 Å². The number of anilines is 1. The number of hydrogen-bond donors (Lipinski definition) is 3. The van der Waals surface area contributed by atoms with E-state index in [2.05, 4.69) is 10.6 Å². The van der Waals surface area contributed by atoms with Crippen LogP contribution < -0.4 is 16.4 Å². The molecule has 1 aliphatic heterocycles. The number of non-ortho nitro benzene ring substituents is 1. The Balaban J connectivity index is 1.76. The van der Waals surface area contributed by atoms with Crippen molar-refractivity contribution < 1.29 is 14.5 Å². The van der Waals surface area contributed by atoms with E-state index in [1.54, 1.807) is 12.1 Å². The van der Waals surface area contributed by atoms with Crippen LogP contribution in [0.25, 0.3) is 0 Å². The summed E-state index contributed by atoms with van der Waals surface area (Å²) in [7, 11) is 0. The van der Waals surface area contributed by atoms with Crippen LogP contribution in [0, 0.1) is 15.5 Å². The fourth-order valence-corrected chi connectivity index (χ4v) is 2.56. The first-order chi connectivity index (χ1) is 11.1. The Morgan fingerprint density at radius 1 is 1.26 bits per heavy atom. The van der Waals surface area contributed by atoms with Gasteiger partial charge in [0.1, 0.15) is 0 Å². The van der Waals surface area contributed by atoms with E-state index >= 15 is 0 Å². The van der Waals surface area contributed by atoms with E-state index in [1.165, 1.54) is 12.1 Å². The third-order valence-electron chi connectivity index (χ3n) is 4.14. The highest BCUT2D eigenvalue weighted by Gasteiger charge is 2.38.